The van der Waals surface area contributed by atoms with Crippen molar-refractivity contribution in [2.75, 3.05) is 13.7 Å². The van der Waals surface area contributed by atoms with E-state index >= 15 is 0 Å². The topological polar surface area (TPSA) is 64.3 Å². The normalized spacial score (nSPS) is 13.8. The van der Waals surface area contributed by atoms with Crippen molar-refractivity contribution in [1.82, 2.24) is 5.32 Å². The predicted octanol–water partition coefficient (Wildman–Crippen LogP) is 0.205. The van der Waals surface area contributed by atoms with Gasteiger partial charge in [-0.25, -0.2) is 0 Å². The minimum absolute atomic E-state index is 0.173. The Bertz CT molecular complexity index is 178. The molecule has 0 spiro atoms. The lowest BCUT2D eigenvalue weighted by molar-refractivity contribution is -0.144. The molecule has 0 aromatic rings. The minimum atomic E-state index is -0.230. The molecule has 1 atom stereocenters. The molecule has 0 saturated carbocycles. The van der Waals surface area contributed by atoms with Crippen molar-refractivity contribution in [3.05, 3.63) is 11.9 Å². The Hall–Kier alpha value is -1.19. The molecule has 0 amide bonds. The van der Waals surface area contributed by atoms with Crippen LogP contribution in [0, 0.1) is 5.92 Å². The number of allylic oxidation sites excluding steroid dienone is 1. The molecule has 4 nitrogen and oxygen atoms in total. The van der Waals surface area contributed by atoms with Crippen molar-refractivity contribution in [1.29, 1.82) is 0 Å². The van der Waals surface area contributed by atoms with E-state index in [-0.39, 0.29) is 11.9 Å². The minimum Gasteiger partial charge on any atom is -0.469 e. The third kappa shape index (κ3) is 3.85. The summed E-state index contributed by atoms with van der Waals surface area (Å²) < 4.78 is 4.54. The Morgan fingerprint density at radius 3 is 2.75 bits per heavy atom. The van der Waals surface area contributed by atoms with Crippen LogP contribution in [0.25, 0.3) is 0 Å². The van der Waals surface area contributed by atoms with E-state index in [2.05, 4.69) is 10.1 Å². The molecule has 0 aromatic carbocycles. The summed E-state index contributed by atoms with van der Waals surface area (Å²) in [6, 6.07) is 0. The van der Waals surface area contributed by atoms with Crippen LogP contribution in [0.4, 0.5) is 0 Å². The lowest BCUT2D eigenvalue weighted by atomic mass is 10.2. The van der Waals surface area contributed by atoms with Crippen molar-refractivity contribution in [3.63, 3.8) is 0 Å². The van der Waals surface area contributed by atoms with Gasteiger partial charge >= 0.3 is 5.97 Å². The largest absolute Gasteiger partial charge is 0.469 e. The smallest absolute Gasteiger partial charge is 0.310 e. The van der Waals surface area contributed by atoms with Gasteiger partial charge in [0.05, 0.1) is 18.8 Å². The second-order valence-corrected chi connectivity index (χ2v) is 2.55. The first kappa shape index (κ1) is 10.8. The summed E-state index contributed by atoms with van der Waals surface area (Å²) in [5.74, 6) is 0.172. The molecule has 0 rings (SSSR count). The molecule has 0 bridgehead atoms. The van der Waals surface area contributed by atoms with E-state index < -0.39 is 0 Å². The van der Waals surface area contributed by atoms with Gasteiger partial charge in [-0.1, -0.05) is 6.92 Å². The molecule has 0 radical (unpaired) electrons. The van der Waals surface area contributed by atoms with E-state index in [0.29, 0.717) is 12.4 Å². The van der Waals surface area contributed by atoms with Gasteiger partial charge < -0.3 is 15.8 Å². The van der Waals surface area contributed by atoms with Crippen molar-refractivity contribution in [2.24, 2.45) is 11.7 Å². The summed E-state index contributed by atoms with van der Waals surface area (Å²) in [7, 11) is 1.37. The Balaban J connectivity index is 3.71. The highest BCUT2D eigenvalue weighted by Gasteiger charge is 2.11. The highest BCUT2D eigenvalue weighted by atomic mass is 16.5. The van der Waals surface area contributed by atoms with E-state index in [9.17, 15) is 4.79 Å². The number of methoxy groups -OCH3 is 1. The molecule has 0 heterocycles. The molecule has 0 aromatic heterocycles. The van der Waals surface area contributed by atoms with Crippen LogP contribution in [0.1, 0.15) is 13.8 Å². The Kier molecular flexibility index (Phi) is 4.92. The lowest BCUT2D eigenvalue weighted by Gasteiger charge is -2.10. The van der Waals surface area contributed by atoms with Gasteiger partial charge in [-0.2, -0.15) is 0 Å². The van der Waals surface area contributed by atoms with Gasteiger partial charge in [0.25, 0.3) is 0 Å². The first-order valence-corrected chi connectivity index (χ1v) is 3.85. The van der Waals surface area contributed by atoms with Crippen molar-refractivity contribution >= 4 is 5.97 Å². The Morgan fingerprint density at radius 2 is 2.33 bits per heavy atom. The lowest BCUT2D eigenvalue weighted by Crippen LogP contribution is -2.29. The molecule has 0 aliphatic heterocycles. The molecule has 1 unspecified atom stereocenters. The van der Waals surface area contributed by atoms with Crippen LogP contribution in [0.5, 0.6) is 0 Å². The van der Waals surface area contributed by atoms with Crippen LogP contribution in [0.15, 0.2) is 11.9 Å². The van der Waals surface area contributed by atoms with E-state index in [1.54, 1.807) is 13.0 Å². The van der Waals surface area contributed by atoms with Gasteiger partial charge in [0, 0.05) is 6.54 Å². The summed E-state index contributed by atoms with van der Waals surface area (Å²) in [6.07, 6.45) is 1.74. The predicted molar refractivity (Wildman–Crippen MR) is 47.1 cm³/mol. The first-order chi connectivity index (χ1) is 5.61. The van der Waals surface area contributed by atoms with E-state index in [1.807, 2.05) is 6.92 Å². The quantitative estimate of drug-likeness (QED) is 0.595. The summed E-state index contributed by atoms with van der Waals surface area (Å²) >= 11 is 0. The monoisotopic (exact) mass is 172 g/mol. The summed E-state index contributed by atoms with van der Waals surface area (Å²) in [6.45, 7) is 4.11. The molecule has 70 valence electrons. The van der Waals surface area contributed by atoms with Crippen LogP contribution in [-0.2, 0) is 9.53 Å². The second-order valence-electron chi connectivity index (χ2n) is 2.55. The third-order valence-electron chi connectivity index (χ3n) is 1.53. The standard InChI is InChI=1S/C8H16N2O2/c1-4-7(9)10-5-6(2)8(11)12-3/h4,6,10H,5,9H2,1-3H3. The zero-order valence-corrected chi connectivity index (χ0v) is 7.76. The molecular formula is C8H16N2O2. The molecule has 4 heteroatoms. The number of rotatable bonds is 4. The highest BCUT2D eigenvalue weighted by Crippen LogP contribution is 1.95. The van der Waals surface area contributed by atoms with Gasteiger partial charge in [-0.15, -0.1) is 0 Å². The number of hydrogen-bond donors (Lipinski definition) is 2. The maximum atomic E-state index is 10.9. The van der Waals surface area contributed by atoms with Gasteiger partial charge in [0.2, 0.25) is 0 Å². The van der Waals surface area contributed by atoms with Crippen molar-refractivity contribution in [2.45, 2.75) is 13.8 Å². The Morgan fingerprint density at radius 1 is 1.75 bits per heavy atom. The molecule has 3 N–H and O–H groups in total. The molecule has 0 aliphatic carbocycles. The average Bonchev–Trinajstić information content (AvgIpc) is 2.11. The molecular weight excluding hydrogens is 156 g/mol. The molecule has 0 saturated heterocycles. The maximum Gasteiger partial charge on any atom is 0.310 e. The highest BCUT2D eigenvalue weighted by molar-refractivity contribution is 5.72. The Labute approximate surface area is 72.8 Å². The molecule has 12 heavy (non-hydrogen) atoms. The van der Waals surface area contributed by atoms with Crippen LogP contribution >= 0.6 is 0 Å². The SMILES string of the molecule is CC=C(N)NCC(C)C(=O)OC. The number of esters is 1. The van der Waals surface area contributed by atoms with Crippen LogP contribution in [0.2, 0.25) is 0 Å². The third-order valence-corrected chi connectivity index (χ3v) is 1.53. The van der Waals surface area contributed by atoms with Gasteiger partial charge in [-0.05, 0) is 13.0 Å². The zero-order chi connectivity index (χ0) is 9.56. The number of hydrogen-bond acceptors (Lipinski definition) is 4. The summed E-state index contributed by atoms with van der Waals surface area (Å²) in [4.78, 5) is 10.9. The van der Waals surface area contributed by atoms with Gasteiger partial charge in [0.15, 0.2) is 0 Å². The summed E-state index contributed by atoms with van der Waals surface area (Å²) in [5.41, 5.74) is 5.46. The number of carbonyl (C=O) groups is 1. The van der Waals surface area contributed by atoms with Crippen molar-refractivity contribution < 1.29 is 9.53 Å². The summed E-state index contributed by atoms with van der Waals surface area (Å²) in [5, 5.41) is 2.89. The number of ether oxygens (including phenoxy) is 1. The number of nitrogens with one attached hydrogen (secondary N) is 1. The molecule has 0 fully saturated rings. The molecule has 0 aliphatic rings. The van der Waals surface area contributed by atoms with Crippen LogP contribution in [-0.4, -0.2) is 19.6 Å². The van der Waals surface area contributed by atoms with Gasteiger partial charge in [0.1, 0.15) is 0 Å². The van der Waals surface area contributed by atoms with Gasteiger partial charge in [-0.3, -0.25) is 4.79 Å². The average molecular weight is 172 g/mol. The van der Waals surface area contributed by atoms with Crippen LogP contribution in [0.3, 0.4) is 0 Å². The van der Waals surface area contributed by atoms with Crippen LogP contribution < -0.4 is 11.1 Å². The zero-order valence-electron chi connectivity index (χ0n) is 7.76. The van der Waals surface area contributed by atoms with E-state index in [4.69, 9.17) is 5.73 Å². The fraction of sp³-hybridized carbons (Fsp3) is 0.625. The fourth-order valence-electron chi connectivity index (χ4n) is 0.658. The number of nitrogens with two attached hydrogens (primary N) is 1. The maximum absolute atomic E-state index is 10.9. The van der Waals surface area contributed by atoms with E-state index in [0.717, 1.165) is 0 Å². The fourth-order valence-corrected chi connectivity index (χ4v) is 0.658. The number of carbonyl (C=O) groups excluding carboxylic acids is 1. The van der Waals surface area contributed by atoms with E-state index in [1.165, 1.54) is 7.11 Å². The van der Waals surface area contributed by atoms with Crippen molar-refractivity contribution in [3.8, 4) is 0 Å². The first-order valence-electron chi connectivity index (χ1n) is 3.85. The second kappa shape index (κ2) is 5.46.